The van der Waals surface area contributed by atoms with Crippen LogP contribution in [0.15, 0.2) is 0 Å². The molecule has 5 rings (SSSR count). The number of fused-ring (bicyclic) bond motifs is 4. The van der Waals surface area contributed by atoms with Gasteiger partial charge in [-0.1, -0.05) is 126 Å². The Morgan fingerprint density at radius 2 is 0.605 bits per heavy atom. The fourth-order valence-corrected chi connectivity index (χ4v) is 7.65. The minimum Gasteiger partial charge on any atom is -0.659 e. The van der Waals surface area contributed by atoms with E-state index in [4.69, 9.17) is 39.9 Å². The van der Waals surface area contributed by atoms with Crippen molar-refractivity contribution in [3.05, 3.63) is 21.3 Å². The summed E-state index contributed by atoms with van der Waals surface area (Å²) < 4.78 is 32.7. The van der Waals surface area contributed by atoms with Crippen LogP contribution in [0.2, 0.25) is 0 Å². The van der Waals surface area contributed by atoms with Gasteiger partial charge in [-0.3, -0.25) is 0 Å². The molecule has 1 radical (unpaired) electrons. The second kappa shape index (κ2) is 16.8. The molecule has 0 amide bonds. The monoisotopic (exact) mass is 603 g/mol. The predicted octanol–water partition coefficient (Wildman–Crippen LogP) is 3.60. The predicted molar refractivity (Wildman–Crippen MR) is 138 cm³/mol. The molecule has 0 spiro atoms. The zero-order valence-corrected chi connectivity index (χ0v) is 24.6. The second-order valence-electron chi connectivity index (χ2n) is 12.3. The molecule has 0 bridgehead atoms. The van der Waals surface area contributed by atoms with E-state index in [0.29, 0.717) is 47.8 Å². The molecular weight excluding hydrogens is 555 g/mol. The summed E-state index contributed by atoms with van der Waals surface area (Å²) in [5.74, 6) is 2.83. The Bertz CT molecular complexity index is 511. The summed E-state index contributed by atoms with van der Waals surface area (Å²) in [5.41, 5.74) is 0. The van der Waals surface area contributed by atoms with Crippen molar-refractivity contribution in [3.8, 4) is 0 Å². The molecule has 5 aliphatic rings. The SMILES string of the molecule is C1CCC2[N-]CC3CCCCC3[N-]CC3CCCCC3[N-]CC3CCCCC3[N-]CC2C1.[Cu+2].[O-][Cl+3]([O-])([O-])O. The minimum absolute atomic E-state index is 0. The van der Waals surface area contributed by atoms with Crippen molar-refractivity contribution in [1.82, 2.24) is 0 Å². The van der Waals surface area contributed by atoms with Crippen LogP contribution in [0.5, 0.6) is 0 Å². The zero-order valence-electron chi connectivity index (χ0n) is 22.9. The first-order chi connectivity index (χ1) is 17.9. The van der Waals surface area contributed by atoms with E-state index in [0.717, 1.165) is 26.2 Å². The average molecular weight is 605 g/mol. The van der Waals surface area contributed by atoms with Gasteiger partial charge in [0.1, 0.15) is 0 Å². The summed E-state index contributed by atoms with van der Waals surface area (Å²) in [6.07, 6.45) is 21.7. The van der Waals surface area contributed by atoms with E-state index >= 15 is 0 Å². The molecule has 1 N–H and O–H groups in total. The Morgan fingerprint density at radius 3 is 0.816 bits per heavy atom. The minimum atomic E-state index is -4.69. The van der Waals surface area contributed by atoms with Gasteiger partial charge in [-0.05, 0) is 0 Å². The fourth-order valence-electron chi connectivity index (χ4n) is 7.65. The summed E-state index contributed by atoms with van der Waals surface area (Å²) in [6.45, 7) is 4.28. The van der Waals surface area contributed by atoms with E-state index in [2.05, 4.69) is 0 Å². The van der Waals surface area contributed by atoms with E-state index in [1.54, 1.807) is 0 Å². The van der Waals surface area contributed by atoms with Crippen LogP contribution in [-0.4, -0.2) is 55.0 Å². The first kappa shape index (κ1) is 33.0. The maximum absolute atomic E-state index is 8.60. The Kier molecular flexibility index (Phi) is 14.6. The summed E-state index contributed by atoms with van der Waals surface area (Å²) in [5, 5.41) is 21.6. The molecule has 0 aromatic rings. The van der Waals surface area contributed by atoms with Crippen LogP contribution in [0, 0.1) is 33.9 Å². The van der Waals surface area contributed by atoms with Crippen LogP contribution in [0.3, 0.4) is 0 Å². The molecular formula is C28H49ClCuN4O4-2. The maximum atomic E-state index is 8.60. The van der Waals surface area contributed by atoms with Gasteiger partial charge in [-0.25, -0.2) is 0 Å². The van der Waals surface area contributed by atoms with Gasteiger partial charge in [0.2, 0.25) is 0 Å². The number of rotatable bonds is 0. The van der Waals surface area contributed by atoms with Gasteiger partial charge < -0.3 is 21.3 Å². The van der Waals surface area contributed by atoms with E-state index in [9.17, 15) is 0 Å². The Balaban J connectivity index is 0.000000612. The molecule has 8 nitrogen and oxygen atoms in total. The van der Waals surface area contributed by atoms with Gasteiger partial charge in [0.15, 0.2) is 0 Å². The molecule has 8 atom stereocenters. The quantitative estimate of drug-likeness (QED) is 0.421. The fraction of sp³-hybridized carbons (Fsp3) is 1.00. The molecule has 5 fully saturated rings. The van der Waals surface area contributed by atoms with Crippen LogP contribution in [0.1, 0.15) is 103 Å². The van der Waals surface area contributed by atoms with Gasteiger partial charge in [0.25, 0.3) is 0 Å². The molecule has 225 valence electrons. The van der Waals surface area contributed by atoms with Crippen molar-refractivity contribution in [3.63, 3.8) is 0 Å². The molecule has 0 aromatic carbocycles. The third kappa shape index (κ3) is 11.1. The van der Waals surface area contributed by atoms with Gasteiger partial charge in [-0.2, -0.15) is 14.0 Å². The molecule has 1 aliphatic heterocycles. The molecule has 8 unspecified atom stereocenters. The van der Waals surface area contributed by atoms with Crippen molar-refractivity contribution < 1.29 is 45.9 Å². The topological polar surface area (TPSA) is 146 Å². The van der Waals surface area contributed by atoms with Gasteiger partial charge in [0.05, 0.1) is 14.9 Å². The van der Waals surface area contributed by atoms with Crippen molar-refractivity contribution in [2.45, 2.75) is 127 Å². The summed E-state index contributed by atoms with van der Waals surface area (Å²) in [6, 6.07) is 2.27. The smallest absolute Gasteiger partial charge is 0.659 e. The third-order valence-corrected chi connectivity index (χ3v) is 9.77. The molecule has 10 heteroatoms. The summed E-state index contributed by atoms with van der Waals surface area (Å²) in [7, 11) is -4.69. The number of halogens is 1. The van der Waals surface area contributed by atoms with E-state index < -0.39 is 10.2 Å². The molecule has 4 saturated carbocycles. The summed E-state index contributed by atoms with van der Waals surface area (Å²) >= 11 is 0. The largest absolute Gasteiger partial charge is 2.00 e. The molecule has 0 aromatic heterocycles. The number of hydrogen-bond acceptors (Lipinski definition) is 4. The normalized spacial score (nSPS) is 39.5. The van der Waals surface area contributed by atoms with Crippen LogP contribution in [-0.2, 0) is 17.1 Å². The molecule has 4 aliphatic carbocycles. The van der Waals surface area contributed by atoms with E-state index in [1.807, 2.05) is 0 Å². The van der Waals surface area contributed by atoms with Crippen LogP contribution in [0.4, 0.5) is 0 Å². The van der Waals surface area contributed by atoms with Crippen molar-refractivity contribution in [2.24, 2.45) is 23.7 Å². The van der Waals surface area contributed by atoms with Crippen molar-refractivity contribution in [1.29, 1.82) is 0 Å². The number of nitrogens with zero attached hydrogens (tertiary/aromatic N) is 4. The van der Waals surface area contributed by atoms with Gasteiger partial charge >= 0.3 is 17.1 Å². The Morgan fingerprint density at radius 1 is 0.421 bits per heavy atom. The van der Waals surface area contributed by atoms with Crippen LogP contribution in [0.25, 0.3) is 21.3 Å². The Hall–Kier alpha value is 0.489. The van der Waals surface area contributed by atoms with E-state index in [1.165, 1.54) is 103 Å². The first-order valence-electron chi connectivity index (χ1n) is 15.2. The first-order valence-corrected chi connectivity index (χ1v) is 16.4. The summed E-state index contributed by atoms with van der Waals surface area (Å²) in [4.78, 5) is 0. The molecule has 1 heterocycles. The van der Waals surface area contributed by atoms with Crippen molar-refractivity contribution >= 4 is 0 Å². The van der Waals surface area contributed by atoms with Crippen LogP contribution >= 0.6 is 0 Å². The Labute approximate surface area is 243 Å². The van der Waals surface area contributed by atoms with Crippen LogP contribution < -0.4 is 14.0 Å². The zero-order chi connectivity index (χ0) is 26.1. The van der Waals surface area contributed by atoms with Crippen molar-refractivity contribution in [2.75, 3.05) is 26.2 Å². The third-order valence-electron chi connectivity index (χ3n) is 9.77. The standard InChI is InChI=1S/C28H48N4.ClHO4.Cu/c1-5-13-25-21(9-1)17-29-26-14-6-2-11-23(26)19-31-28-16-8-4-12-24(28)20-32-27-15-7-3-10-22(27)18-30-25;2-1(3,4)5;/h21-28H,1-20H2;(H,2,3,4,5);/q-4;;+2. The van der Waals surface area contributed by atoms with Gasteiger partial charge in [0, 0.05) is 0 Å². The molecule has 38 heavy (non-hydrogen) atoms. The van der Waals surface area contributed by atoms with Gasteiger partial charge in [-0.15, -0.1) is 50.3 Å². The molecule has 1 saturated heterocycles. The second-order valence-corrected chi connectivity index (χ2v) is 13.1. The number of hydrogen-bond donors (Lipinski definition) is 1. The maximum Gasteiger partial charge on any atom is 2.00 e. The average Bonchev–Trinajstić information content (AvgIpc) is 2.89. The van der Waals surface area contributed by atoms with E-state index in [-0.39, 0.29) is 17.1 Å².